The van der Waals surface area contributed by atoms with E-state index in [1.165, 1.54) is 18.2 Å². The van der Waals surface area contributed by atoms with Gasteiger partial charge in [0, 0.05) is 6.26 Å². The van der Waals surface area contributed by atoms with Crippen LogP contribution >= 0.6 is 11.6 Å². The molecule has 0 bridgehead atoms. The van der Waals surface area contributed by atoms with Crippen LogP contribution in [-0.4, -0.2) is 20.6 Å². The summed E-state index contributed by atoms with van der Waals surface area (Å²) in [6.45, 7) is 4.01. The van der Waals surface area contributed by atoms with Gasteiger partial charge < -0.3 is 5.32 Å². The first kappa shape index (κ1) is 18.5. The van der Waals surface area contributed by atoms with Crippen molar-refractivity contribution in [2.45, 2.75) is 24.8 Å². The highest BCUT2D eigenvalue weighted by atomic mass is 35.5. The van der Waals surface area contributed by atoms with Crippen LogP contribution in [0.2, 0.25) is 5.02 Å². The summed E-state index contributed by atoms with van der Waals surface area (Å²) in [4.78, 5) is 12.7. The summed E-state index contributed by atoms with van der Waals surface area (Å²) < 4.78 is 23.4. The molecule has 1 amide bonds. The Morgan fingerprint density at radius 3 is 2.25 bits per heavy atom. The second-order valence-electron chi connectivity index (χ2n) is 6.02. The smallest absolute Gasteiger partial charge is 0.253 e. The maximum absolute atomic E-state index is 12.6. The number of nitrogens with one attached hydrogen (secondary N) is 1. The number of hydrogen-bond acceptors (Lipinski definition) is 3. The zero-order valence-corrected chi connectivity index (χ0v) is 15.4. The lowest BCUT2D eigenvalue weighted by Crippen LogP contribution is -2.32. The van der Waals surface area contributed by atoms with Crippen molar-refractivity contribution in [3.8, 4) is 0 Å². The fourth-order valence-electron chi connectivity index (χ4n) is 2.42. The van der Waals surface area contributed by atoms with Crippen molar-refractivity contribution in [3.63, 3.8) is 0 Å². The largest absolute Gasteiger partial charge is 0.345 e. The number of halogens is 1. The average Bonchev–Trinajstić information content (AvgIpc) is 2.52. The zero-order chi connectivity index (χ0) is 17.9. The van der Waals surface area contributed by atoms with E-state index in [1.807, 2.05) is 44.2 Å². The molecule has 0 spiro atoms. The van der Waals surface area contributed by atoms with Crippen LogP contribution in [0.3, 0.4) is 0 Å². The second kappa shape index (κ2) is 7.36. The Morgan fingerprint density at radius 1 is 1.08 bits per heavy atom. The summed E-state index contributed by atoms with van der Waals surface area (Å²) >= 11 is 6.09. The Hall–Kier alpha value is -1.85. The van der Waals surface area contributed by atoms with Crippen molar-refractivity contribution in [3.05, 3.63) is 64.7 Å². The summed E-state index contributed by atoms with van der Waals surface area (Å²) in [5.74, 6) is -0.235. The molecule has 2 aromatic rings. The Morgan fingerprint density at radius 2 is 1.71 bits per heavy atom. The van der Waals surface area contributed by atoms with Crippen molar-refractivity contribution in [1.29, 1.82) is 0 Å². The fourth-order valence-corrected chi connectivity index (χ4v) is 3.27. The third-order valence-electron chi connectivity index (χ3n) is 3.72. The number of sulfone groups is 1. The van der Waals surface area contributed by atoms with E-state index < -0.39 is 15.7 Å². The molecular weight excluding hydrogens is 346 g/mol. The Bertz CT molecular complexity index is 833. The van der Waals surface area contributed by atoms with Crippen molar-refractivity contribution in [2.24, 2.45) is 5.92 Å². The topological polar surface area (TPSA) is 63.2 Å². The van der Waals surface area contributed by atoms with E-state index in [-0.39, 0.29) is 27.4 Å². The van der Waals surface area contributed by atoms with E-state index in [0.29, 0.717) is 0 Å². The summed E-state index contributed by atoms with van der Waals surface area (Å²) in [5.41, 5.74) is 1.14. The van der Waals surface area contributed by atoms with Gasteiger partial charge in [0.1, 0.15) is 0 Å². The molecule has 1 unspecified atom stereocenters. The van der Waals surface area contributed by atoms with Gasteiger partial charge in [-0.15, -0.1) is 0 Å². The van der Waals surface area contributed by atoms with Crippen LogP contribution in [0.4, 0.5) is 0 Å². The highest BCUT2D eigenvalue weighted by Gasteiger charge is 2.21. The lowest BCUT2D eigenvalue weighted by atomic mass is 9.95. The van der Waals surface area contributed by atoms with Crippen LogP contribution in [0, 0.1) is 5.92 Å². The number of rotatable bonds is 5. The van der Waals surface area contributed by atoms with Crippen molar-refractivity contribution < 1.29 is 13.2 Å². The van der Waals surface area contributed by atoms with E-state index in [2.05, 4.69) is 5.32 Å². The minimum atomic E-state index is -3.41. The molecule has 2 aromatic carbocycles. The molecule has 24 heavy (non-hydrogen) atoms. The summed E-state index contributed by atoms with van der Waals surface area (Å²) in [5, 5.41) is 3.17. The molecule has 0 aromatic heterocycles. The molecular formula is C18H20ClNO3S. The molecule has 4 nitrogen and oxygen atoms in total. The minimum absolute atomic E-state index is 0.0675. The first-order valence-electron chi connectivity index (χ1n) is 7.55. The van der Waals surface area contributed by atoms with Crippen LogP contribution in [-0.2, 0) is 9.84 Å². The van der Waals surface area contributed by atoms with Gasteiger partial charge >= 0.3 is 0 Å². The zero-order valence-electron chi connectivity index (χ0n) is 13.8. The van der Waals surface area contributed by atoms with E-state index in [0.717, 1.165) is 11.8 Å². The standard InChI is InChI=1S/C18H20ClNO3S/c1-12(2)17(13-7-5-4-6-8-13)20-18(21)15-11-14(24(3,22)23)9-10-16(15)19/h4-12,17H,1-3H3,(H,20,21). The SMILES string of the molecule is CC(C)C(NC(=O)c1cc(S(C)(=O)=O)ccc1Cl)c1ccccc1. The first-order chi connectivity index (χ1) is 11.2. The molecule has 0 aliphatic carbocycles. The molecule has 0 heterocycles. The van der Waals surface area contributed by atoms with Gasteiger partial charge in [-0.2, -0.15) is 0 Å². The maximum Gasteiger partial charge on any atom is 0.253 e. The molecule has 0 fully saturated rings. The van der Waals surface area contributed by atoms with E-state index >= 15 is 0 Å². The molecule has 6 heteroatoms. The number of carbonyl (C=O) groups excluding carboxylic acids is 1. The molecule has 0 saturated heterocycles. The van der Waals surface area contributed by atoms with Crippen LogP contribution in [0.1, 0.15) is 35.8 Å². The molecule has 1 atom stereocenters. The van der Waals surface area contributed by atoms with Crippen LogP contribution in [0.5, 0.6) is 0 Å². The van der Waals surface area contributed by atoms with Gasteiger partial charge in [0.25, 0.3) is 5.91 Å². The summed E-state index contributed by atoms with van der Waals surface area (Å²) in [6.07, 6.45) is 1.10. The van der Waals surface area contributed by atoms with Gasteiger partial charge in [0.05, 0.1) is 21.5 Å². The highest BCUT2D eigenvalue weighted by Crippen LogP contribution is 2.25. The van der Waals surface area contributed by atoms with Crippen LogP contribution in [0.25, 0.3) is 0 Å². The van der Waals surface area contributed by atoms with Crippen molar-refractivity contribution in [2.75, 3.05) is 6.26 Å². The lowest BCUT2D eigenvalue weighted by Gasteiger charge is -2.23. The summed E-state index contributed by atoms with van der Waals surface area (Å²) in [6, 6.07) is 13.6. The monoisotopic (exact) mass is 365 g/mol. The second-order valence-corrected chi connectivity index (χ2v) is 8.44. The van der Waals surface area contributed by atoms with Gasteiger partial charge in [-0.1, -0.05) is 55.8 Å². The molecule has 0 radical (unpaired) electrons. The molecule has 128 valence electrons. The third-order valence-corrected chi connectivity index (χ3v) is 5.16. The predicted molar refractivity (Wildman–Crippen MR) is 96.0 cm³/mol. The van der Waals surface area contributed by atoms with E-state index in [4.69, 9.17) is 11.6 Å². The van der Waals surface area contributed by atoms with Gasteiger partial charge in [-0.05, 0) is 29.7 Å². The summed E-state index contributed by atoms with van der Waals surface area (Å²) in [7, 11) is -3.41. The molecule has 1 N–H and O–H groups in total. The van der Waals surface area contributed by atoms with Gasteiger partial charge in [-0.25, -0.2) is 8.42 Å². The van der Waals surface area contributed by atoms with Gasteiger partial charge in [0.15, 0.2) is 9.84 Å². The van der Waals surface area contributed by atoms with Crippen molar-refractivity contribution >= 4 is 27.3 Å². The van der Waals surface area contributed by atoms with Crippen molar-refractivity contribution in [1.82, 2.24) is 5.32 Å². The molecule has 0 aliphatic heterocycles. The predicted octanol–water partition coefficient (Wildman–Crippen LogP) is 3.87. The lowest BCUT2D eigenvalue weighted by molar-refractivity contribution is 0.0925. The number of amides is 1. The van der Waals surface area contributed by atoms with Gasteiger partial charge in [-0.3, -0.25) is 4.79 Å². The third kappa shape index (κ3) is 4.36. The maximum atomic E-state index is 12.6. The van der Waals surface area contributed by atoms with Gasteiger partial charge in [0.2, 0.25) is 0 Å². The first-order valence-corrected chi connectivity index (χ1v) is 9.82. The Labute approximate surface area is 147 Å². The molecule has 2 rings (SSSR count). The van der Waals surface area contributed by atoms with Crippen LogP contribution in [0.15, 0.2) is 53.4 Å². The van der Waals surface area contributed by atoms with E-state index in [1.54, 1.807) is 0 Å². The number of hydrogen-bond donors (Lipinski definition) is 1. The minimum Gasteiger partial charge on any atom is -0.345 e. The van der Waals surface area contributed by atoms with Crippen LogP contribution < -0.4 is 5.32 Å². The average molecular weight is 366 g/mol. The molecule has 0 aliphatic rings. The Kier molecular flexibility index (Phi) is 5.67. The Balaban J connectivity index is 2.34. The number of carbonyl (C=O) groups is 1. The quantitative estimate of drug-likeness (QED) is 0.874. The van der Waals surface area contributed by atoms with E-state index in [9.17, 15) is 13.2 Å². The number of benzene rings is 2. The highest BCUT2D eigenvalue weighted by molar-refractivity contribution is 7.90. The molecule has 0 saturated carbocycles. The fraction of sp³-hybridized carbons (Fsp3) is 0.278. The normalized spacial score (nSPS) is 12.9.